The Bertz CT molecular complexity index is 944. The molecule has 0 aliphatic carbocycles. The molecule has 146 valence electrons. The number of nitrogens with one attached hydrogen (secondary N) is 2. The molecule has 1 aliphatic heterocycles. The molecule has 8 nitrogen and oxygen atoms in total. The van der Waals surface area contributed by atoms with E-state index in [0.717, 1.165) is 12.8 Å². The van der Waals surface area contributed by atoms with Crippen LogP contribution in [-0.4, -0.2) is 36.9 Å². The van der Waals surface area contributed by atoms with Crippen LogP contribution in [0, 0.1) is 12.8 Å². The van der Waals surface area contributed by atoms with Crippen molar-refractivity contribution in [1.29, 1.82) is 0 Å². The standard InChI is InChI=1S/C17H21ClN4O4S/c1-11-4-3-7-22(10-11)27(24,25)21-16-8-13(5-6-15(16)18)20-17(23)14-9-19-26-12(14)2/h5-6,8-9,11,21H,3-4,7,10H2,1-2H3,(H,20,23). The second kappa shape index (κ2) is 7.87. The van der Waals surface area contributed by atoms with Crippen LogP contribution in [0.2, 0.25) is 5.02 Å². The molecule has 27 heavy (non-hydrogen) atoms. The minimum absolute atomic E-state index is 0.203. The van der Waals surface area contributed by atoms with Crippen LogP contribution in [0.1, 0.15) is 35.9 Å². The Hall–Kier alpha value is -2.10. The second-order valence-electron chi connectivity index (χ2n) is 6.66. The number of aromatic nitrogens is 1. The molecule has 1 saturated heterocycles. The number of carbonyl (C=O) groups excluding carboxylic acids is 1. The molecule has 3 rings (SSSR count). The van der Waals surface area contributed by atoms with Gasteiger partial charge in [-0.2, -0.15) is 12.7 Å². The first-order valence-electron chi connectivity index (χ1n) is 8.56. The number of halogens is 1. The van der Waals surface area contributed by atoms with Gasteiger partial charge in [0, 0.05) is 18.8 Å². The van der Waals surface area contributed by atoms with Gasteiger partial charge in [-0.25, -0.2) is 0 Å². The SMILES string of the molecule is Cc1oncc1C(=O)Nc1ccc(Cl)c(NS(=O)(=O)N2CCCC(C)C2)c1. The van der Waals surface area contributed by atoms with E-state index in [9.17, 15) is 13.2 Å². The third-order valence-electron chi connectivity index (χ3n) is 4.42. The van der Waals surface area contributed by atoms with Crippen LogP contribution in [0.25, 0.3) is 0 Å². The molecule has 0 saturated carbocycles. The highest BCUT2D eigenvalue weighted by Crippen LogP contribution is 2.28. The lowest BCUT2D eigenvalue weighted by molar-refractivity contribution is 0.102. The van der Waals surface area contributed by atoms with E-state index >= 15 is 0 Å². The number of amides is 1. The van der Waals surface area contributed by atoms with Crippen molar-refractivity contribution < 1.29 is 17.7 Å². The maximum atomic E-state index is 12.7. The maximum absolute atomic E-state index is 12.7. The van der Waals surface area contributed by atoms with Crippen LogP contribution in [0.5, 0.6) is 0 Å². The molecular weight excluding hydrogens is 392 g/mol. The van der Waals surface area contributed by atoms with E-state index in [1.54, 1.807) is 13.0 Å². The summed E-state index contributed by atoms with van der Waals surface area (Å²) in [7, 11) is -3.73. The van der Waals surface area contributed by atoms with E-state index in [2.05, 4.69) is 15.2 Å². The van der Waals surface area contributed by atoms with Gasteiger partial charge in [0.1, 0.15) is 11.3 Å². The molecule has 0 bridgehead atoms. The molecule has 1 aromatic heterocycles. The van der Waals surface area contributed by atoms with Gasteiger partial charge in [0.2, 0.25) is 0 Å². The Balaban J connectivity index is 1.77. The van der Waals surface area contributed by atoms with E-state index in [1.165, 1.54) is 22.6 Å². The number of aryl methyl sites for hydroxylation is 1. The van der Waals surface area contributed by atoms with Gasteiger partial charge < -0.3 is 9.84 Å². The monoisotopic (exact) mass is 412 g/mol. The smallest absolute Gasteiger partial charge is 0.301 e. The molecule has 1 unspecified atom stereocenters. The normalized spacial score (nSPS) is 18.3. The number of hydrogen-bond donors (Lipinski definition) is 2. The lowest BCUT2D eigenvalue weighted by atomic mass is 10.0. The van der Waals surface area contributed by atoms with Gasteiger partial charge in [0.15, 0.2) is 0 Å². The van der Waals surface area contributed by atoms with Crippen LogP contribution in [0.3, 0.4) is 0 Å². The fourth-order valence-corrected chi connectivity index (χ4v) is 4.58. The highest BCUT2D eigenvalue weighted by Gasteiger charge is 2.27. The van der Waals surface area contributed by atoms with Gasteiger partial charge in [0.05, 0.1) is 16.9 Å². The van der Waals surface area contributed by atoms with Gasteiger partial charge in [-0.15, -0.1) is 0 Å². The molecule has 1 aromatic carbocycles. The first-order valence-corrected chi connectivity index (χ1v) is 10.4. The van der Waals surface area contributed by atoms with Crippen molar-refractivity contribution in [2.75, 3.05) is 23.1 Å². The van der Waals surface area contributed by atoms with Gasteiger partial charge in [-0.1, -0.05) is 23.7 Å². The van der Waals surface area contributed by atoms with Crippen molar-refractivity contribution in [2.24, 2.45) is 5.92 Å². The quantitative estimate of drug-likeness (QED) is 0.784. The van der Waals surface area contributed by atoms with E-state index in [1.807, 2.05) is 6.92 Å². The van der Waals surface area contributed by atoms with Crippen molar-refractivity contribution >= 4 is 39.1 Å². The van der Waals surface area contributed by atoms with Crippen molar-refractivity contribution in [3.05, 3.63) is 40.7 Å². The predicted molar refractivity (Wildman–Crippen MR) is 103 cm³/mol. The zero-order valence-corrected chi connectivity index (χ0v) is 16.6. The third kappa shape index (κ3) is 4.60. The maximum Gasteiger partial charge on any atom is 0.301 e. The summed E-state index contributed by atoms with van der Waals surface area (Å²) in [5.41, 5.74) is 0.902. The fraction of sp³-hybridized carbons (Fsp3) is 0.412. The Kier molecular flexibility index (Phi) is 5.73. The fourth-order valence-electron chi connectivity index (χ4n) is 2.96. The summed E-state index contributed by atoms with van der Waals surface area (Å²) in [6, 6.07) is 4.59. The van der Waals surface area contributed by atoms with Gasteiger partial charge in [-0.05, 0) is 43.9 Å². The molecular formula is C17H21ClN4O4S. The van der Waals surface area contributed by atoms with E-state index in [0.29, 0.717) is 36.0 Å². The van der Waals surface area contributed by atoms with Gasteiger partial charge >= 0.3 is 10.2 Å². The van der Waals surface area contributed by atoms with Crippen LogP contribution >= 0.6 is 11.6 Å². The van der Waals surface area contributed by atoms with Crippen molar-refractivity contribution in [1.82, 2.24) is 9.46 Å². The molecule has 2 aromatic rings. The Morgan fingerprint density at radius 3 is 2.85 bits per heavy atom. The number of rotatable bonds is 5. The summed E-state index contributed by atoms with van der Waals surface area (Å²) in [4.78, 5) is 12.3. The van der Waals surface area contributed by atoms with Crippen LogP contribution in [0.4, 0.5) is 11.4 Å². The highest BCUT2D eigenvalue weighted by molar-refractivity contribution is 7.90. The number of hydrogen-bond acceptors (Lipinski definition) is 5. The zero-order valence-electron chi connectivity index (χ0n) is 15.0. The molecule has 0 radical (unpaired) electrons. The van der Waals surface area contributed by atoms with Crippen LogP contribution in [0.15, 0.2) is 28.9 Å². The van der Waals surface area contributed by atoms with Crippen molar-refractivity contribution in [3.8, 4) is 0 Å². The van der Waals surface area contributed by atoms with E-state index < -0.39 is 16.1 Å². The summed E-state index contributed by atoms with van der Waals surface area (Å²) in [5, 5.41) is 6.49. The largest absolute Gasteiger partial charge is 0.361 e. The van der Waals surface area contributed by atoms with Gasteiger partial charge in [-0.3, -0.25) is 9.52 Å². The first kappa shape index (κ1) is 19.7. The third-order valence-corrected chi connectivity index (χ3v) is 6.24. The van der Waals surface area contributed by atoms with Crippen LogP contribution in [-0.2, 0) is 10.2 Å². The molecule has 2 N–H and O–H groups in total. The predicted octanol–water partition coefficient (Wildman–Crippen LogP) is 3.28. The first-order chi connectivity index (χ1) is 12.8. The zero-order chi connectivity index (χ0) is 19.6. The number of piperidine rings is 1. The van der Waals surface area contributed by atoms with Crippen LogP contribution < -0.4 is 10.0 Å². The minimum atomic E-state index is -3.73. The lowest BCUT2D eigenvalue weighted by Crippen LogP contribution is -2.42. The molecule has 1 atom stereocenters. The highest BCUT2D eigenvalue weighted by atomic mass is 35.5. The average Bonchev–Trinajstić information content (AvgIpc) is 3.04. The Labute approximate surface area is 163 Å². The summed E-state index contributed by atoms with van der Waals surface area (Å²) >= 11 is 6.15. The lowest BCUT2D eigenvalue weighted by Gasteiger charge is -2.30. The summed E-state index contributed by atoms with van der Waals surface area (Å²) < 4.78 is 34.2. The van der Waals surface area contributed by atoms with Crippen molar-refractivity contribution in [2.45, 2.75) is 26.7 Å². The molecule has 1 fully saturated rings. The van der Waals surface area contributed by atoms with E-state index in [4.69, 9.17) is 16.1 Å². The summed E-state index contributed by atoms with van der Waals surface area (Å²) in [6.07, 6.45) is 3.16. The summed E-state index contributed by atoms with van der Waals surface area (Å²) in [5.74, 6) is 0.291. The molecule has 10 heteroatoms. The number of nitrogens with zero attached hydrogens (tertiary/aromatic N) is 2. The molecule has 2 heterocycles. The van der Waals surface area contributed by atoms with E-state index in [-0.39, 0.29) is 10.7 Å². The average molecular weight is 413 g/mol. The minimum Gasteiger partial charge on any atom is -0.361 e. The topological polar surface area (TPSA) is 105 Å². The number of carbonyl (C=O) groups is 1. The molecule has 1 amide bonds. The van der Waals surface area contributed by atoms with Gasteiger partial charge in [0.25, 0.3) is 5.91 Å². The molecule has 0 spiro atoms. The number of anilines is 2. The Morgan fingerprint density at radius 2 is 2.19 bits per heavy atom. The van der Waals surface area contributed by atoms with Crippen molar-refractivity contribution in [3.63, 3.8) is 0 Å². The Morgan fingerprint density at radius 1 is 1.41 bits per heavy atom. The number of benzene rings is 1. The molecule has 1 aliphatic rings. The summed E-state index contributed by atoms with van der Waals surface area (Å²) in [6.45, 7) is 4.59. The second-order valence-corrected chi connectivity index (χ2v) is 8.73.